The van der Waals surface area contributed by atoms with Gasteiger partial charge in [-0.2, -0.15) is 0 Å². The first kappa shape index (κ1) is 15.6. The van der Waals surface area contributed by atoms with Crippen molar-refractivity contribution in [3.05, 3.63) is 102 Å². The van der Waals surface area contributed by atoms with E-state index in [9.17, 15) is 0 Å². The minimum atomic E-state index is 0.733. The van der Waals surface area contributed by atoms with Gasteiger partial charge in [0.25, 0.3) is 0 Å². The van der Waals surface area contributed by atoms with E-state index < -0.39 is 0 Å². The Morgan fingerprint density at radius 1 is 0.520 bits per heavy atom. The summed E-state index contributed by atoms with van der Waals surface area (Å²) in [6.07, 6.45) is 1.85. The van der Waals surface area contributed by atoms with E-state index in [2.05, 4.69) is 59.6 Å². The van der Waals surface area contributed by atoms with Crippen molar-refractivity contribution in [2.75, 3.05) is 0 Å². The van der Waals surface area contributed by atoms with E-state index in [1.165, 1.54) is 16.7 Å². The van der Waals surface area contributed by atoms with Gasteiger partial charge in [0.15, 0.2) is 0 Å². The number of benzene rings is 3. The van der Waals surface area contributed by atoms with Crippen LogP contribution in [0.3, 0.4) is 0 Å². The molecule has 0 fully saturated rings. The lowest BCUT2D eigenvalue weighted by Gasteiger charge is -2.07. The molecule has 0 aliphatic heterocycles. The van der Waals surface area contributed by atoms with Gasteiger partial charge in [-0.05, 0) is 46.5 Å². The molecule has 0 atom stereocenters. The van der Waals surface area contributed by atoms with E-state index in [4.69, 9.17) is 11.6 Å². The molecule has 0 aliphatic rings. The smallest absolute Gasteiger partial charge is 0.0708 e. The van der Waals surface area contributed by atoms with Crippen LogP contribution < -0.4 is 0 Å². The normalized spacial score (nSPS) is 10.6. The first-order valence-corrected chi connectivity index (χ1v) is 8.55. The molecule has 25 heavy (non-hydrogen) atoms. The summed E-state index contributed by atoms with van der Waals surface area (Å²) in [5, 5.41) is 0.733. The van der Waals surface area contributed by atoms with Crippen LogP contribution >= 0.6 is 11.6 Å². The van der Waals surface area contributed by atoms with Crippen molar-refractivity contribution in [2.45, 2.75) is 0 Å². The summed E-state index contributed by atoms with van der Waals surface area (Å²) in [5.74, 6) is 0. The molecular weight excluding hydrogens is 326 g/mol. The zero-order valence-electron chi connectivity index (χ0n) is 13.6. The molecule has 2 heteroatoms. The maximum Gasteiger partial charge on any atom is 0.0708 e. The number of hydrogen-bond donors (Lipinski definition) is 0. The predicted octanol–water partition coefficient (Wildman–Crippen LogP) is 6.74. The third kappa shape index (κ3) is 3.47. The van der Waals surface area contributed by atoms with Crippen molar-refractivity contribution < 1.29 is 0 Å². The largest absolute Gasteiger partial charge is 0.256 e. The van der Waals surface area contributed by atoms with Crippen LogP contribution in [0.2, 0.25) is 5.02 Å². The maximum absolute atomic E-state index is 5.97. The van der Waals surface area contributed by atoms with Crippen LogP contribution in [-0.2, 0) is 0 Å². The summed E-state index contributed by atoms with van der Waals surface area (Å²) in [6.45, 7) is 0. The first-order chi connectivity index (χ1) is 12.3. The van der Waals surface area contributed by atoms with Crippen LogP contribution in [0, 0.1) is 0 Å². The fraction of sp³-hybridized carbons (Fsp3) is 0. The Hall–Kier alpha value is -2.90. The second-order valence-electron chi connectivity index (χ2n) is 5.88. The van der Waals surface area contributed by atoms with Gasteiger partial charge in [0.2, 0.25) is 0 Å². The van der Waals surface area contributed by atoms with Gasteiger partial charge < -0.3 is 0 Å². The summed E-state index contributed by atoms with van der Waals surface area (Å²) in [6, 6.07) is 31.0. The van der Waals surface area contributed by atoms with Crippen LogP contribution in [0.15, 0.2) is 97.2 Å². The van der Waals surface area contributed by atoms with Gasteiger partial charge in [-0.25, -0.2) is 0 Å². The van der Waals surface area contributed by atoms with Crippen LogP contribution in [0.25, 0.3) is 33.5 Å². The van der Waals surface area contributed by atoms with Gasteiger partial charge in [-0.1, -0.05) is 78.3 Å². The van der Waals surface area contributed by atoms with E-state index in [0.717, 1.165) is 21.8 Å². The standard InChI is InChI=1S/C23H16ClN/c24-22-12-10-20(11-13-22)23-16-21(14-15-25-23)19-8-6-18(7-9-19)17-4-2-1-3-5-17/h1-16H. The highest BCUT2D eigenvalue weighted by atomic mass is 35.5. The third-order valence-corrected chi connectivity index (χ3v) is 4.48. The van der Waals surface area contributed by atoms with Crippen LogP contribution in [0.1, 0.15) is 0 Å². The lowest BCUT2D eigenvalue weighted by atomic mass is 10.00. The molecule has 0 N–H and O–H groups in total. The lowest BCUT2D eigenvalue weighted by Crippen LogP contribution is -1.86. The Labute approximate surface area is 152 Å². The van der Waals surface area contributed by atoms with Gasteiger partial charge >= 0.3 is 0 Å². The number of hydrogen-bond acceptors (Lipinski definition) is 1. The molecule has 0 unspecified atom stereocenters. The molecule has 0 saturated carbocycles. The Morgan fingerprint density at radius 2 is 1.08 bits per heavy atom. The van der Waals surface area contributed by atoms with E-state index in [-0.39, 0.29) is 0 Å². The predicted molar refractivity (Wildman–Crippen MR) is 106 cm³/mol. The van der Waals surface area contributed by atoms with Gasteiger partial charge in [0.05, 0.1) is 5.69 Å². The van der Waals surface area contributed by atoms with E-state index >= 15 is 0 Å². The zero-order valence-corrected chi connectivity index (χ0v) is 14.3. The van der Waals surface area contributed by atoms with Gasteiger partial charge in [-0.15, -0.1) is 0 Å². The van der Waals surface area contributed by atoms with E-state index in [1.54, 1.807) is 0 Å². The number of nitrogens with zero attached hydrogens (tertiary/aromatic N) is 1. The summed E-state index contributed by atoms with van der Waals surface area (Å²) < 4.78 is 0. The molecule has 0 saturated heterocycles. The molecule has 1 heterocycles. The molecule has 0 spiro atoms. The molecule has 0 bridgehead atoms. The van der Waals surface area contributed by atoms with Crippen molar-refractivity contribution in [3.8, 4) is 33.5 Å². The first-order valence-electron chi connectivity index (χ1n) is 8.17. The topological polar surface area (TPSA) is 12.9 Å². The zero-order chi connectivity index (χ0) is 17.1. The molecule has 120 valence electrons. The molecule has 3 aromatic carbocycles. The van der Waals surface area contributed by atoms with Gasteiger partial charge in [0.1, 0.15) is 0 Å². The molecular formula is C23H16ClN. The third-order valence-electron chi connectivity index (χ3n) is 4.23. The summed E-state index contributed by atoms with van der Waals surface area (Å²) in [7, 11) is 0. The molecule has 1 aromatic heterocycles. The van der Waals surface area contributed by atoms with Crippen LogP contribution in [-0.4, -0.2) is 4.98 Å². The van der Waals surface area contributed by atoms with Crippen molar-refractivity contribution in [1.82, 2.24) is 4.98 Å². The highest BCUT2D eigenvalue weighted by molar-refractivity contribution is 6.30. The Bertz CT molecular complexity index is 974. The fourth-order valence-electron chi connectivity index (χ4n) is 2.87. The number of aromatic nitrogens is 1. The van der Waals surface area contributed by atoms with Gasteiger partial charge in [0, 0.05) is 16.8 Å². The van der Waals surface area contributed by atoms with Crippen molar-refractivity contribution in [3.63, 3.8) is 0 Å². The van der Waals surface area contributed by atoms with E-state index in [1.807, 2.05) is 42.6 Å². The lowest BCUT2D eigenvalue weighted by molar-refractivity contribution is 1.33. The Morgan fingerprint density at radius 3 is 1.76 bits per heavy atom. The molecule has 0 amide bonds. The fourth-order valence-corrected chi connectivity index (χ4v) is 3.00. The monoisotopic (exact) mass is 341 g/mol. The molecule has 1 nitrogen and oxygen atoms in total. The summed E-state index contributed by atoms with van der Waals surface area (Å²) in [4.78, 5) is 4.49. The number of rotatable bonds is 3. The van der Waals surface area contributed by atoms with Crippen molar-refractivity contribution in [2.24, 2.45) is 0 Å². The molecule has 0 aliphatic carbocycles. The number of halogens is 1. The Balaban J connectivity index is 1.66. The quantitative estimate of drug-likeness (QED) is 0.402. The second kappa shape index (κ2) is 6.92. The van der Waals surface area contributed by atoms with E-state index in [0.29, 0.717) is 0 Å². The minimum Gasteiger partial charge on any atom is -0.256 e. The summed E-state index contributed by atoms with van der Waals surface area (Å²) in [5.41, 5.74) is 6.78. The van der Waals surface area contributed by atoms with Crippen LogP contribution in [0.5, 0.6) is 0 Å². The van der Waals surface area contributed by atoms with Crippen molar-refractivity contribution in [1.29, 1.82) is 0 Å². The Kier molecular flexibility index (Phi) is 4.32. The minimum absolute atomic E-state index is 0.733. The highest BCUT2D eigenvalue weighted by Crippen LogP contribution is 2.27. The average molecular weight is 342 g/mol. The average Bonchev–Trinajstić information content (AvgIpc) is 2.69. The highest BCUT2D eigenvalue weighted by Gasteiger charge is 2.04. The molecule has 4 aromatic rings. The molecule has 4 rings (SSSR count). The van der Waals surface area contributed by atoms with Crippen molar-refractivity contribution >= 4 is 11.6 Å². The number of pyridine rings is 1. The molecule has 0 radical (unpaired) electrons. The summed E-state index contributed by atoms with van der Waals surface area (Å²) >= 11 is 5.97. The van der Waals surface area contributed by atoms with Gasteiger partial charge in [-0.3, -0.25) is 4.98 Å². The van der Waals surface area contributed by atoms with Crippen LogP contribution in [0.4, 0.5) is 0 Å². The maximum atomic E-state index is 5.97. The second-order valence-corrected chi connectivity index (χ2v) is 6.32. The SMILES string of the molecule is Clc1ccc(-c2cc(-c3ccc(-c4ccccc4)cc3)ccn2)cc1.